The van der Waals surface area contributed by atoms with Gasteiger partial charge in [-0.15, -0.1) is 0 Å². The van der Waals surface area contributed by atoms with Crippen molar-refractivity contribution in [2.24, 2.45) is 0 Å². The van der Waals surface area contributed by atoms with E-state index in [-0.39, 0.29) is 5.91 Å². The number of benzene rings is 1. The Morgan fingerprint density at radius 2 is 2.12 bits per heavy atom. The molecule has 1 saturated heterocycles. The fourth-order valence-corrected chi connectivity index (χ4v) is 2.51. The molecule has 0 unspecified atom stereocenters. The molecule has 0 saturated carbocycles. The molecule has 0 spiro atoms. The van der Waals surface area contributed by atoms with Gasteiger partial charge in [0, 0.05) is 25.0 Å². The van der Waals surface area contributed by atoms with Gasteiger partial charge in [-0.2, -0.15) is 0 Å². The molecule has 0 radical (unpaired) electrons. The number of carbonyl (C=O) groups excluding carboxylic acids is 1. The summed E-state index contributed by atoms with van der Waals surface area (Å²) in [7, 11) is 0. The average molecular weight is 253 g/mol. The van der Waals surface area contributed by atoms with Crippen LogP contribution in [0, 0.1) is 0 Å². The molecule has 1 N–H and O–H groups in total. The minimum absolute atomic E-state index is 0.00575. The number of nitrogens with zero attached hydrogens (tertiary/aromatic N) is 1. The van der Waals surface area contributed by atoms with Crippen LogP contribution in [0.3, 0.4) is 0 Å². The van der Waals surface area contributed by atoms with E-state index in [4.69, 9.17) is 11.6 Å². The zero-order valence-corrected chi connectivity index (χ0v) is 10.7. The first-order valence-corrected chi connectivity index (χ1v) is 6.30. The van der Waals surface area contributed by atoms with E-state index in [1.165, 1.54) is 5.56 Å². The number of amides is 1. The smallest absolute Gasteiger partial charge is 0.231 e. The normalized spacial score (nSPS) is 18.0. The number of piperidine rings is 1. The number of rotatable bonds is 2. The second-order valence-corrected chi connectivity index (χ2v) is 4.92. The van der Waals surface area contributed by atoms with Crippen molar-refractivity contribution in [3.05, 3.63) is 34.9 Å². The van der Waals surface area contributed by atoms with Crippen molar-refractivity contribution in [1.82, 2.24) is 10.4 Å². The highest BCUT2D eigenvalue weighted by atomic mass is 35.5. The van der Waals surface area contributed by atoms with Gasteiger partial charge < -0.3 is 0 Å². The lowest BCUT2D eigenvalue weighted by molar-refractivity contribution is -0.124. The molecule has 1 fully saturated rings. The van der Waals surface area contributed by atoms with Crippen molar-refractivity contribution in [1.29, 1.82) is 0 Å². The van der Waals surface area contributed by atoms with Crippen LogP contribution in [-0.2, 0) is 4.79 Å². The Morgan fingerprint density at radius 3 is 2.71 bits per heavy atom. The fraction of sp³-hybridized carbons (Fsp3) is 0.462. The Morgan fingerprint density at radius 1 is 1.41 bits per heavy atom. The van der Waals surface area contributed by atoms with Crippen LogP contribution in [0.25, 0.3) is 0 Å². The van der Waals surface area contributed by atoms with Gasteiger partial charge in [-0.1, -0.05) is 23.7 Å². The SMILES string of the molecule is CC(=O)NN1CCC(c2cccc(Cl)c2)CC1. The summed E-state index contributed by atoms with van der Waals surface area (Å²) < 4.78 is 0. The van der Waals surface area contributed by atoms with Crippen LogP contribution in [0.15, 0.2) is 24.3 Å². The molecule has 1 aromatic carbocycles. The largest absolute Gasteiger partial charge is 0.289 e. The number of nitrogens with one attached hydrogen (secondary N) is 1. The zero-order valence-electron chi connectivity index (χ0n) is 9.95. The van der Waals surface area contributed by atoms with Crippen molar-refractivity contribution < 1.29 is 4.79 Å². The van der Waals surface area contributed by atoms with E-state index in [0.29, 0.717) is 5.92 Å². The predicted octanol–water partition coefficient (Wildman–Crippen LogP) is 2.57. The molecule has 92 valence electrons. The monoisotopic (exact) mass is 252 g/mol. The van der Waals surface area contributed by atoms with E-state index in [9.17, 15) is 4.79 Å². The average Bonchev–Trinajstić information content (AvgIpc) is 2.29. The van der Waals surface area contributed by atoms with Gasteiger partial charge in [-0.3, -0.25) is 10.2 Å². The molecule has 0 bridgehead atoms. The molecular weight excluding hydrogens is 236 g/mol. The lowest BCUT2D eigenvalue weighted by Gasteiger charge is -2.31. The molecule has 3 nitrogen and oxygen atoms in total. The van der Waals surface area contributed by atoms with Crippen LogP contribution in [0.4, 0.5) is 0 Å². The Labute approximate surface area is 107 Å². The van der Waals surface area contributed by atoms with E-state index in [2.05, 4.69) is 11.5 Å². The number of halogens is 1. The summed E-state index contributed by atoms with van der Waals surface area (Å²) in [6, 6.07) is 8.07. The van der Waals surface area contributed by atoms with Crippen LogP contribution in [-0.4, -0.2) is 24.0 Å². The van der Waals surface area contributed by atoms with Crippen LogP contribution in [0.5, 0.6) is 0 Å². The first-order chi connectivity index (χ1) is 8.15. The van der Waals surface area contributed by atoms with Gasteiger partial charge in [0.25, 0.3) is 0 Å². The maximum atomic E-state index is 10.9. The van der Waals surface area contributed by atoms with Gasteiger partial charge in [-0.25, -0.2) is 5.01 Å². The van der Waals surface area contributed by atoms with Crippen molar-refractivity contribution in [3.63, 3.8) is 0 Å². The Kier molecular flexibility index (Phi) is 4.02. The van der Waals surface area contributed by atoms with Crippen molar-refractivity contribution in [3.8, 4) is 0 Å². The molecule has 0 aliphatic carbocycles. The third kappa shape index (κ3) is 3.45. The Bertz CT molecular complexity index is 400. The van der Waals surface area contributed by atoms with E-state index in [0.717, 1.165) is 31.0 Å². The quantitative estimate of drug-likeness (QED) is 0.878. The van der Waals surface area contributed by atoms with Crippen molar-refractivity contribution in [2.45, 2.75) is 25.7 Å². The third-order valence-electron chi connectivity index (χ3n) is 3.13. The van der Waals surface area contributed by atoms with Crippen LogP contribution in [0.1, 0.15) is 31.2 Å². The van der Waals surface area contributed by atoms with E-state index in [1.54, 1.807) is 6.92 Å². The van der Waals surface area contributed by atoms with E-state index >= 15 is 0 Å². The van der Waals surface area contributed by atoms with Crippen molar-refractivity contribution in [2.75, 3.05) is 13.1 Å². The highest BCUT2D eigenvalue weighted by Crippen LogP contribution is 2.28. The third-order valence-corrected chi connectivity index (χ3v) is 3.37. The molecule has 1 heterocycles. The molecule has 1 aromatic rings. The van der Waals surface area contributed by atoms with Gasteiger partial charge >= 0.3 is 0 Å². The second kappa shape index (κ2) is 5.52. The minimum Gasteiger partial charge on any atom is -0.289 e. The summed E-state index contributed by atoms with van der Waals surface area (Å²) in [4.78, 5) is 10.9. The second-order valence-electron chi connectivity index (χ2n) is 4.48. The lowest BCUT2D eigenvalue weighted by Crippen LogP contribution is -2.45. The number of carbonyl (C=O) groups is 1. The Balaban J connectivity index is 1.93. The molecule has 1 aliphatic rings. The molecule has 1 amide bonds. The summed E-state index contributed by atoms with van der Waals surface area (Å²) in [5, 5.41) is 2.79. The van der Waals surface area contributed by atoms with Gasteiger partial charge in [-0.05, 0) is 36.5 Å². The van der Waals surface area contributed by atoms with Crippen LogP contribution >= 0.6 is 11.6 Å². The molecular formula is C13H17ClN2O. The molecule has 1 aliphatic heterocycles. The molecule has 0 aromatic heterocycles. The standard InChI is InChI=1S/C13H17ClN2O/c1-10(17)15-16-7-5-11(6-8-16)12-3-2-4-13(14)9-12/h2-4,9,11H,5-8H2,1H3,(H,15,17). The van der Waals surface area contributed by atoms with Gasteiger partial charge in [0.05, 0.1) is 0 Å². The molecule has 2 rings (SSSR count). The highest BCUT2D eigenvalue weighted by molar-refractivity contribution is 6.30. The number of hydrogen-bond acceptors (Lipinski definition) is 2. The zero-order chi connectivity index (χ0) is 12.3. The summed E-state index contributed by atoms with van der Waals surface area (Å²) in [6.07, 6.45) is 2.11. The summed E-state index contributed by atoms with van der Waals surface area (Å²) in [6.45, 7) is 3.34. The summed E-state index contributed by atoms with van der Waals surface area (Å²) in [5.74, 6) is 0.560. The fourth-order valence-electron chi connectivity index (χ4n) is 2.31. The highest BCUT2D eigenvalue weighted by Gasteiger charge is 2.20. The molecule has 0 atom stereocenters. The number of hydrogen-bond donors (Lipinski definition) is 1. The summed E-state index contributed by atoms with van der Waals surface area (Å²) >= 11 is 5.99. The first kappa shape index (κ1) is 12.4. The van der Waals surface area contributed by atoms with Crippen molar-refractivity contribution >= 4 is 17.5 Å². The first-order valence-electron chi connectivity index (χ1n) is 5.93. The maximum absolute atomic E-state index is 10.9. The number of hydrazine groups is 1. The van der Waals surface area contributed by atoms with E-state index in [1.807, 2.05) is 23.2 Å². The topological polar surface area (TPSA) is 32.3 Å². The van der Waals surface area contributed by atoms with Crippen LogP contribution in [0.2, 0.25) is 5.02 Å². The summed E-state index contributed by atoms with van der Waals surface area (Å²) in [5.41, 5.74) is 4.14. The molecule has 17 heavy (non-hydrogen) atoms. The predicted molar refractivity (Wildman–Crippen MR) is 68.8 cm³/mol. The van der Waals surface area contributed by atoms with Gasteiger partial charge in [0.2, 0.25) is 5.91 Å². The maximum Gasteiger partial charge on any atom is 0.231 e. The Hall–Kier alpha value is -1.06. The van der Waals surface area contributed by atoms with Gasteiger partial charge in [0.15, 0.2) is 0 Å². The van der Waals surface area contributed by atoms with E-state index < -0.39 is 0 Å². The minimum atomic E-state index is 0.00575. The molecule has 4 heteroatoms. The van der Waals surface area contributed by atoms with Crippen LogP contribution < -0.4 is 5.43 Å². The lowest BCUT2D eigenvalue weighted by atomic mass is 9.90. The van der Waals surface area contributed by atoms with Gasteiger partial charge in [0.1, 0.15) is 0 Å².